The number of hydrogen-bond donors (Lipinski definition) is 2. The summed E-state index contributed by atoms with van der Waals surface area (Å²) in [6.45, 7) is 0. The van der Waals surface area contributed by atoms with Crippen molar-refractivity contribution in [3.63, 3.8) is 0 Å². The summed E-state index contributed by atoms with van der Waals surface area (Å²) in [5.74, 6) is -0.219. The molecule has 2 N–H and O–H groups in total. The number of benzene rings is 2. The summed E-state index contributed by atoms with van der Waals surface area (Å²) in [5, 5.41) is 29.7. The summed E-state index contributed by atoms with van der Waals surface area (Å²) >= 11 is 5.10. The lowest BCUT2D eigenvalue weighted by molar-refractivity contribution is -0.398. The molecule has 0 radical (unpaired) electrons. The highest BCUT2D eigenvalue weighted by Gasteiger charge is 2.12. The Morgan fingerprint density at radius 2 is 1.92 bits per heavy atom. The first-order valence-corrected chi connectivity index (χ1v) is 7.63. The maximum atomic E-state index is 11.8. The van der Waals surface area contributed by atoms with E-state index < -0.39 is 16.4 Å². The highest BCUT2D eigenvalue weighted by atomic mass is 32.1. The van der Waals surface area contributed by atoms with E-state index in [1.165, 1.54) is 19.4 Å². The maximum Gasteiger partial charge on any atom is 0.266 e. The van der Waals surface area contributed by atoms with Crippen LogP contribution < -0.4 is 25.3 Å². The van der Waals surface area contributed by atoms with E-state index in [4.69, 9.17) is 21.7 Å². The van der Waals surface area contributed by atoms with Crippen molar-refractivity contribution < 1.29 is 19.5 Å². The molecule has 9 nitrogen and oxygen atoms in total. The monoisotopic (exact) mass is 375 g/mol. The Morgan fingerprint density at radius 3 is 2.50 bits per heavy atom. The molecule has 26 heavy (non-hydrogen) atoms. The average molecular weight is 375 g/mol. The lowest BCUT2D eigenvalue weighted by Gasteiger charge is -2.13. The van der Waals surface area contributed by atoms with Crippen LogP contribution in [0.2, 0.25) is 0 Å². The van der Waals surface area contributed by atoms with Gasteiger partial charge in [0.25, 0.3) is 5.69 Å². The Bertz CT molecular complexity index is 839. The number of nitrogens with zero attached hydrogens (tertiary/aromatic N) is 2. The molecule has 0 aliphatic heterocycles. The predicted octanol–water partition coefficient (Wildman–Crippen LogP) is 2.01. The van der Waals surface area contributed by atoms with Crippen molar-refractivity contribution in [1.82, 2.24) is 5.43 Å². The van der Waals surface area contributed by atoms with Crippen LogP contribution in [-0.2, 0) is 0 Å². The molecule has 2 aromatic rings. The Kier molecular flexibility index (Phi) is 6.28. The van der Waals surface area contributed by atoms with E-state index >= 15 is 0 Å². The van der Waals surface area contributed by atoms with E-state index in [0.29, 0.717) is 11.3 Å². The SMILES string of the molecule is COc1ccc(NC(=S)N/N=C\c2cc(OC)c([O-])c([N+](=O)[O-])c2)cc1. The third-order valence-electron chi connectivity index (χ3n) is 3.20. The zero-order valence-electron chi connectivity index (χ0n) is 13.9. The summed E-state index contributed by atoms with van der Waals surface area (Å²) in [5.41, 5.74) is 3.03. The first-order chi connectivity index (χ1) is 12.4. The van der Waals surface area contributed by atoms with Gasteiger partial charge in [0.05, 0.1) is 25.4 Å². The van der Waals surface area contributed by atoms with Gasteiger partial charge < -0.3 is 19.9 Å². The first-order valence-electron chi connectivity index (χ1n) is 7.22. The van der Waals surface area contributed by atoms with Crippen molar-refractivity contribution >= 4 is 34.9 Å². The normalized spacial score (nSPS) is 10.4. The minimum Gasteiger partial charge on any atom is -0.865 e. The van der Waals surface area contributed by atoms with Gasteiger partial charge in [-0.3, -0.25) is 15.5 Å². The summed E-state index contributed by atoms with van der Waals surface area (Å²) in [4.78, 5) is 10.2. The Balaban J connectivity index is 2.03. The summed E-state index contributed by atoms with van der Waals surface area (Å²) in [6.07, 6.45) is 1.29. The van der Waals surface area contributed by atoms with Crippen LogP contribution in [0.3, 0.4) is 0 Å². The number of hydrazone groups is 1. The highest BCUT2D eigenvalue weighted by molar-refractivity contribution is 7.80. The Morgan fingerprint density at radius 1 is 1.23 bits per heavy atom. The smallest absolute Gasteiger partial charge is 0.266 e. The fourth-order valence-corrected chi connectivity index (χ4v) is 2.14. The van der Waals surface area contributed by atoms with Crippen molar-refractivity contribution in [2.45, 2.75) is 0 Å². The van der Waals surface area contributed by atoms with Gasteiger partial charge in [0.1, 0.15) is 11.5 Å². The van der Waals surface area contributed by atoms with Gasteiger partial charge in [-0.1, -0.05) is 0 Å². The van der Waals surface area contributed by atoms with Gasteiger partial charge in [0, 0.05) is 23.1 Å². The fourth-order valence-electron chi connectivity index (χ4n) is 1.97. The van der Waals surface area contributed by atoms with Crippen molar-refractivity contribution in [1.29, 1.82) is 0 Å². The molecule has 0 atom stereocenters. The van der Waals surface area contributed by atoms with Crippen molar-refractivity contribution in [3.8, 4) is 17.2 Å². The van der Waals surface area contributed by atoms with Gasteiger partial charge in [-0.05, 0) is 42.5 Å². The molecule has 0 saturated carbocycles. The molecule has 0 fully saturated rings. The molecule has 0 unspecified atom stereocenters. The minimum absolute atomic E-state index is 0.139. The number of anilines is 1. The van der Waals surface area contributed by atoms with E-state index in [2.05, 4.69) is 15.8 Å². The number of nitro groups is 1. The van der Waals surface area contributed by atoms with Crippen LogP contribution in [0, 0.1) is 10.1 Å². The molecule has 0 aromatic heterocycles. The van der Waals surface area contributed by atoms with Crippen LogP contribution >= 0.6 is 12.2 Å². The topological polar surface area (TPSA) is 121 Å². The number of thiocarbonyl (C=S) groups is 1. The highest BCUT2D eigenvalue weighted by Crippen LogP contribution is 2.33. The zero-order chi connectivity index (χ0) is 19.1. The van der Waals surface area contributed by atoms with Crippen LogP contribution in [-0.4, -0.2) is 30.5 Å². The second-order valence-electron chi connectivity index (χ2n) is 4.88. The van der Waals surface area contributed by atoms with E-state index in [9.17, 15) is 15.2 Å². The molecule has 0 heterocycles. The van der Waals surface area contributed by atoms with Crippen LogP contribution in [0.1, 0.15) is 5.56 Å². The molecule has 10 heteroatoms. The van der Waals surface area contributed by atoms with E-state index in [1.54, 1.807) is 31.4 Å². The molecule has 0 amide bonds. The van der Waals surface area contributed by atoms with Gasteiger partial charge >= 0.3 is 0 Å². The van der Waals surface area contributed by atoms with E-state index in [-0.39, 0.29) is 10.9 Å². The molecular weight excluding hydrogens is 360 g/mol. The molecule has 0 aliphatic rings. The number of nitro benzene ring substituents is 1. The van der Waals surface area contributed by atoms with Gasteiger partial charge in [-0.2, -0.15) is 5.10 Å². The largest absolute Gasteiger partial charge is 0.865 e. The number of ether oxygens (including phenoxy) is 2. The van der Waals surface area contributed by atoms with Crippen molar-refractivity contribution in [3.05, 3.63) is 52.1 Å². The molecular formula is C16H15N4O5S-. The van der Waals surface area contributed by atoms with Crippen LogP contribution in [0.15, 0.2) is 41.5 Å². The van der Waals surface area contributed by atoms with Crippen LogP contribution in [0.5, 0.6) is 17.2 Å². The quantitative estimate of drug-likeness (QED) is 0.340. The molecule has 0 spiro atoms. The average Bonchev–Trinajstić information content (AvgIpc) is 2.63. The fraction of sp³-hybridized carbons (Fsp3) is 0.125. The van der Waals surface area contributed by atoms with E-state index in [0.717, 1.165) is 11.8 Å². The summed E-state index contributed by atoms with van der Waals surface area (Å²) < 4.78 is 9.92. The van der Waals surface area contributed by atoms with Gasteiger partial charge in [-0.15, -0.1) is 0 Å². The Labute approximate surface area is 154 Å². The number of rotatable bonds is 6. The van der Waals surface area contributed by atoms with Crippen molar-refractivity contribution in [2.24, 2.45) is 5.10 Å². The number of hydrogen-bond acceptors (Lipinski definition) is 7. The van der Waals surface area contributed by atoms with Gasteiger partial charge in [-0.25, -0.2) is 0 Å². The predicted molar refractivity (Wildman–Crippen MR) is 99.0 cm³/mol. The third-order valence-corrected chi connectivity index (χ3v) is 3.40. The molecule has 0 saturated heterocycles. The zero-order valence-corrected chi connectivity index (χ0v) is 14.7. The number of methoxy groups -OCH3 is 2. The molecule has 0 aliphatic carbocycles. The standard InChI is InChI=1S/C16H16N4O5S/c1-24-12-5-3-11(4-6-12)18-16(26)19-17-9-10-7-13(20(22)23)15(21)14(8-10)25-2/h3-9,21H,1-2H3,(H2,18,19,26)/p-1/b17-9-. The molecule has 2 aromatic carbocycles. The maximum absolute atomic E-state index is 11.8. The first kappa shape index (κ1) is 18.9. The van der Waals surface area contributed by atoms with E-state index in [1.807, 2.05) is 0 Å². The molecule has 2 rings (SSSR count). The second kappa shape index (κ2) is 8.62. The summed E-state index contributed by atoms with van der Waals surface area (Å²) in [7, 11) is 2.83. The lowest BCUT2D eigenvalue weighted by atomic mass is 10.2. The number of nitrogens with one attached hydrogen (secondary N) is 2. The molecule has 136 valence electrons. The molecule has 0 bridgehead atoms. The summed E-state index contributed by atoms with van der Waals surface area (Å²) in [6, 6.07) is 9.54. The minimum atomic E-state index is -0.792. The third kappa shape index (κ3) is 4.80. The van der Waals surface area contributed by atoms with Gasteiger partial charge in [0.2, 0.25) is 0 Å². The van der Waals surface area contributed by atoms with Crippen molar-refractivity contribution in [2.75, 3.05) is 19.5 Å². The Hall–Kier alpha value is -3.40. The van der Waals surface area contributed by atoms with Crippen LogP contribution in [0.25, 0.3) is 0 Å². The van der Waals surface area contributed by atoms with Gasteiger partial charge in [0.15, 0.2) is 5.11 Å². The second-order valence-corrected chi connectivity index (χ2v) is 5.29. The lowest BCUT2D eigenvalue weighted by Crippen LogP contribution is -2.23. The van der Waals surface area contributed by atoms with Crippen LogP contribution in [0.4, 0.5) is 11.4 Å².